The van der Waals surface area contributed by atoms with E-state index in [2.05, 4.69) is 10.4 Å². The number of anilines is 2. The number of nitrogens with zero attached hydrogens (tertiary/aromatic N) is 2. The van der Waals surface area contributed by atoms with E-state index >= 15 is 0 Å². The number of hydrogen-bond acceptors (Lipinski definition) is 4. The van der Waals surface area contributed by atoms with Crippen LogP contribution >= 0.6 is 11.6 Å². The predicted molar refractivity (Wildman–Crippen MR) is 98.7 cm³/mol. The second-order valence-corrected chi connectivity index (χ2v) is 5.88. The number of carbonyl (C=O) groups excluding carboxylic acids is 1. The van der Waals surface area contributed by atoms with Gasteiger partial charge in [-0.25, -0.2) is 4.68 Å². The van der Waals surface area contributed by atoms with Gasteiger partial charge in [-0.1, -0.05) is 29.8 Å². The minimum Gasteiger partial charge on any atom is -0.495 e. The van der Waals surface area contributed by atoms with Crippen LogP contribution in [0.4, 0.5) is 11.5 Å². The minimum absolute atomic E-state index is 0.264. The van der Waals surface area contributed by atoms with Crippen LogP contribution in [0.2, 0.25) is 5.02 Å². The van der Waals surface area contributed by atoms with Gasteiger partial charge in [-0.2, -0.15) is 5.10 Å². The Labute approximate surface area is 150 Å². The molecule has 0 aliphatic heterocycles. The summed E-state index contributed by atoms with van der Waals surface area (Å²) in [6.45, 7) is 1.95. The van der Waals surface area contributed by atoms with Crippen molar-refractivity contribution >= 4 is 29.0 Å². The number of hydrogen-bond donors (Lipinski definition) is 2. The van der Waals surface area contributed by atoms with Crippen LogP contribution in [0.15, 0.2) is 48.7 Å². The van der Waals surface area contributed by atoms with Gasteiger partial charge in [-0.05, 0) is 30.7 Å². The molecule has 6 nitrogen and oxygen atoms in total. The lowest BCUT2D eigenvalue weighted by molar-refractivity contribution is 0.102. The Kier molecular flexibility index (Phi) is 4.63. The summed E-state index contributed by atoms with van der Waals surface area (Å²) in [7, 11) is 1.51. The molecule has 2 aromatic carbocycles. The number of benzene rings is 2. The molecule has 0 aliphatic carbocycles. The zero-order valence-electron chi connectivity index (χ0n) is 13.8. The van der Waals surface area contributed by atoms with Crippen molar-refractivity contribution in [1.29, 1.82) is 0 Å². The molecule has 0 radical (unpaired) electrons. The molecular weight excluding hydrogens is 340 g/mol. The van der Waals surface area contributed by atoms with Gasteiger partial charge in [-0.15, -0.1) is 0 Å². The van der Waals surface area contributed by atoms with Crippen LogP contribution in [0.1, 0.15) is 15.9 Å². The molecule has 1 aromatic heterocycles. The highest BCUT2D eigenvalue weighted by Gasteiger charge is 2.18. The normalized spacial score (nSPS) is 10.5. The molecule has 0 bridgehead atoms. The molecule has 0 fully saturated rings. The molecule has 3 N–H and O–H groups in total. The van der Waals surface area contributed by atoms with E-state index in [4.69, 9.17) is 22.1 Å². The van der Waals surface area contributed by atoms with Gasteiger partial charge in [0, 0.05) is 11.1 Å². The van der Waals surface area contributed by atoms with Crippen molar-refractivity contribution in [1.82, 2.24) is 9.78 Å². The summed E-state index contributed by atoms with van der Waals surface area (Å²) in [4.78, 5) is 12.6. The minimum atomic E-state index is -0.377. The molecule has 25 heavy (non-hydrogen) atoms. The van der Waals surface area contributed by atoms with Crippen molar-refractivity contribution < 1.29 is 9.53 Å². The Hall–Kier alpha value is -2.99. The molecule has 0 saturated carbocycles. The summed E-state index contributed by atoms with van der Waals surface area (Å²) in [6, 6.07) is 12.6. The lowest BCUT2D eigenvalue weighted by atomic mass is 10.2. The van der Waals surface area contributed by atoms with Crippen molar-refractivity contribution in [2.45, 2.75) is 6.92 Å². The van der Waals surface area contributed by atoms with Crippen LogP contribution in [0, 0.1) is 6.92 Å². The molecule has 7 heteroatoms. The summed E-state index contributed by atoms with van der Waals surface area (Å²) in [5.41, 5.74) is 8.74. The Morgan fingerprint density at radius 2 is 2.04 bits per heavy atom. The van der Waals surface area contributed by atoms with E-state index < -0.39 is 0 Å². The summed E-state index contributed by atoms with van der Waals surface area (Å²) in [5, 5.41) is 7.53. The first-order chi connectivity index (χ1) is 12.0. The van der Waals surface area contributed by atoms with Gasteiger partial charge < -0.3 is 15.8 Å². The highest BCUT2D eigenvalue weighted by molar-refractivity contribution is 6.30. The van der Waals surface area contributed by atoms with Gasteiger partial charge >= 0.3 is 0 Å². The number of nitrogens with one attached hydrogen (secondary N) is 1. The molecule has 3 aromatic rings. The van der Waals surface area contributed by atoms with Gasteiger partial charge in [0.2, 0.25) is 0 Å². The smallest absolute Gasteiger partial charge is 0.261 e. The molecular formula is C18H17ClN4O2. The molecule has 1 amide bonds. The number of carbonyl (C=O) groups is 1. The average Bonchev–Trinajstić information content (AvgIpc) is 2.98. The molecule has 0 atom stereocenters. The number of rotatable bonds is 4. The Balaban J connectivity index is 1.91. The van der Waals surface area contributed by atoms with Crippen molar-refractivity contribution in [3.63, 3.8) is 0 Å². The molecule has 0 saturated heterocycles. The number of amides is 1. The molecule has 3 rings (SSSR count). The number of nitrogens with two attached hydrogens (primary N) is 1. The van der Waals surface area contributed by atoms with E-state index in [1.54, 1.807) is 22.9 Å². The van der Waals surface area contributed by atoms with E-state index in [1.807, 2.05) is 31.2 Å². The second-order valence-electron chi connectivity index (χ2n) is 5.44. The Morgan fingerprint density at radius 1 is 1.28 bits per heavy atom. The van der Waals surface area contributed by atoms with Crippen LogP contribution < -0.4 is 15.8 Å². The Morgan fingerprint density at radius 3 is 2.76 bits per heavy atom. The molecule has 0 aliphatic rings. The monoisotopic (exact) mass is 356 g/mol. The third-order valence-electron chi connectivity index (χ3n) is 3.81. The lowest BCUT2D eigenvalue weighted by Gasteiger charge is -2.11. The first-order valence-electron chi connectivity index (χ1n) is 7.55. The van der Waals surface area contributed by atoms with Crippen molar-refractivity contribution in [3.05, 3.63) is 64.8 Å². The molecule has 0 unspecified atom stereocenters. The first-order valence-corrected chi connectivity index (χ1v) is 7.93. The van der Waals surface area contributed by atoms with Crippen molar-refractivity contribution in [2.75, 3.05) is 18.2 Å². The largest absolute Gasteiger partial charge is 0.495 e. The van der Waals surface area contributed by atoms with Crippen LogP contribution in [0.25, 0.3) is 5.69 Å². The first kappa shape index (κ1) is 16.9. The Bertz CT molecular complexity index is 937. The molecule has 128 valence electrons. The quantitative estimate of drug-likeness (QED) is 0.747. The fourth-order valence-corrected chi connectivity index (χ4v) is 2.65. The zero-order valence-corrected chi connectivity index (χ0v) is 14.5. The number of aryl methyl sites for hydroxylation is 1. The summed E-state index contributed by atoms with van der Waals surface area (Å²) in [5.74, 6) is 0.350. The van der Waals surface area contributed by atoms with E-state index in [0.717, 1.165) is 11.3 Å². The van der Waals surface area contributed by atoms with Gasteiger partial charge in [0.1, 0.15) is 17.1 Å². The van der Waals surface area contributed by atoms with E-state index in [-0.39, 0.29) is 17.3 Å². The van der Waals surface area contributed by atoms with Crippen LogP contribution in [-0.2, 0) is 0 Å². The third kappa shape index (κ3) is 3.29. The van der Waals surface area contributed by atoms with Crippen LogP contribution in [0.3, 0.4) is 0 Å². The zero-order chi connectivity index (χ0) is 18.0. The standard InChI is InChI=1S/C18H17ClN4O2/c1-11-5-3-4-6-15(11)23-17(20)13(10-21-23)18(24)22-14-8-7-12(19)9-16(14)25-2/h3-10H,20H2,1-2H3,(H,22,24). The van der Waals surface area contributed by atoms with Crippen molar-refractivity contribution in [2.24, 2.45) is 0 Å². The summed E-state index contributed by atoms with van der Waals surface area (Å²) in [6.07, 6.45) is 1.44. The number of para-hydroxylation sites is 1. The van der Waals surface area contributed by atoms with Gasteiger partial charge in [-0.3, -0.25) is 4.79 Å². The van der Waals surface area contributed by atoms with Gasteiger partial charge in [0.05, 0.1) is 24.7 Å². The average molecular weight is 357 g/mol. The highest BCUT2D eigenvalue weighted by Crippen LogP contribution is 2.29. The van der Waals surface area contributed by atoms with Crippen LogP contribution in [0.5, 0.6) is 5.75 Å². The SMILES string of the molecule is COc1cc(Cl)ccc1NC(=O)c1cnn(-c2ccccc2C)c1N. The number of methoxy groups -OCH3 is 1. The topological polar surface area (TPSA) is 82.2 Å². The molecule has 1 heterocycles. The number of nitrogen functional groups attached to an aromatic ring is 1. The predicted octanol–water partition coefficient (Wildman–Crippen LogP) is 3.68. The van der Waals surface area contributed by atoms with E-state index in [9.17, 15) is 4.79 Å². The van der Waals surface area contributed by atoms with E-state index in [1.165, 1.54) is 13.3 Å². The maximum Gasteiger partial charge on any atom is 0.261 e. The van der Waals surface area contributed by atoms with Gasteiger partial charge in [0.15, 0.2) is 0 Å². The second kappa shape index (κ2) is 6.86. The maximum atomic E-state index is 12.6. The van der Waals surface area contributed by atoms with Crippen LogP contribution in [-0.4, -0.2) is 22.8 Å². The highest BCUT2D eigenvalue weighted by atomic mass is 35.5. The number of halogens is 1. The lowest BCUT2D eigenvalue weighted by Crippen LogP contribution is -2.14. The maximum absolute atomic E-state index is 12.6. The fraction of sp³-hybridized carbons (Fsp3) is 0.111. The molecule has 0 spiro atoms. The van der Waals surface area contributed by atoms with Crippen molar-refractivity contribution in [3.8, 4) is 11.4 Å². The number of aromatic nitrogens is 2. The van der Waals surface area contributed by atoms with E-state index in [0.29, 0.717) is 16.5 Å². The fourth-order valence-electron chi connectivity index (χ4n) is 2.48. The third-order valence-corrected chi connectivity index (χ3v) is 4.04. The summed E-state index contributed by atoms with van der Waals surface area (Å²) >= 11 is 5.93. The number of ether oxygens (including phenoxy) is 1. The van der Waals surface area contributed by atoms with Gasteiger partial charge in [0.25, 0.3) is 5.91 Å². The summed E-state index contributed by atoms with van der Waals surface area (Å²) < 4.78 is 6.78.